The van der Waals surface area contributed by atoms with E-state index in [1.807, 2.05) is 13.0 Å². The average molecular weight is 368 g/mol. The van der Waals surface area contributed by atoms with Crippen LogP contribution in [0, 0.1) is 12.3 Å². The number of hydrogen-bond acceptors (Lipinski definition) is 7. The summed E-state index contributed by atoms with van der Waals surface area (Å²) < 4.78 is 2.19. The van der Waals surface area contributed by atoms with Gasteiger partial charge in [-0.25, -0.2) is 15.0 Å². The van der Waals surface area contributed by atoms with Gasteiger partial charge in [0.05, 0.1) is 11.7 Å². The lowest BCUT2D eigenvalue weighted by Gasteiger charge is -2.23. The van der Waals surface area contributed by atoms with Crippen LogP contribution in [0.3, 0.4) is 0 Å². The highest BCUT2D eigenvalue weighted by atomic mass is 15.1. The predicted octanol–water partition coefficient (Wildman–Crippen LogP) is 2.96. The van der Waals surface area contributed by atoms with Crippen molar-refractivity contribution in [2.24, 2.45) is 11.1 Å². The van der Waals surface area contributed by atoms with Gasteiger partial charge in [-0.2, -0.15) is 4.98 Å². The maximum atomic E-state index is 5.89. The number of rotatable bonds is 6. The van der Waals surface area contributed by atoms with Crippen LogP contribution in [0.15, 0.2) is 18.5 Å². The summed E-state index contributed by atoms with van der Waals surface area (Å²) in [5, 5.41) is 3.30. The molecule has 3 heterocycles. The molecule has 0 aliphatic heterocycles. The van der Waals surface area contributed by atoms with Crippen molar-refractivity contribution in [3.63, 3.8) is 0 Å². The number of imidazole rings is 1. The maximum Gasteiger partial charge on any atom is 0.221 e. The van der Waals surface area contributed by atoms with E-state index >= 15 is 0 Å². The van der Waals surface area contributed by atoms with E-state index in [9.17, 15) is 0 Å². The minimum absolute atomic E-state index is 0.0688. The molecule has 3 rings (SSSR count). The summed E-state index contributed by atoms with van der Waals surface area (Å²) >= 11 is 0. The Bertz CT molecular complexity index is 958. The van der Waals surface area contributed by atoms with E-state index in [0.29, 0.717) is 24.2 Å². The summed E-state index contributed by atoms with van der Waals surface area (Å²) in [5.41, 5.74) is 14.5. The van der Waals surface area contributed by atoms with Crippen molar-refractivity contribution in [1.29, 1.82) is 0 Å². The van der Waals surface area contributed by atoms with Gasteiger partial charge in [0.2, 0.25) is 5.95 Å². The summed E-state index contributed by atoms with van der Waals surface area (Å²) in [4.78, 5) is 17.6. The van der Waals surface area contributed by atoms with Crippen molar-refractivity contribution >= 4 is 28.6 Å². The number of nitrogens with one attached hydrogen (secondary N) is 1. The Hall–Kier alpha value is -2.74. The molecule has 0 saturated heterocycles. The molecule has 0 unspecified atom stereocenters. The Labute approximate surface area is 159 Å². The van der Waals surface area contributed by atoms with E-state index in [4.69, 9.17) is 11.5 Å². The van der Waals surface area contributed by atoms with Crippen LogP contribution in [0.25, 0.3) is 11.0 Å². The summed E-state index contributed by atoms with van der Waals surface area (Å²) in [6.45, 7) is 11.1. The second-order valence-corrected chi connectivity index (χ2v) is 7.95. The van der Waals surface area contributed by atoms with Crippen LogP contribution >= 0.6 is 0 Å². The highest BCUT2D eigenvalue weighted by Gasteiger charge is 2.20. The average Bonchev–Trinajstić information content (AvgIpc) is 2.92. The number of pyridine rings is 1. The van der Waals surface area contributed by atoms with Crippen LogP contribution in [0.2, 0.25) is 0 Å². The van der Waals surface area contributed by atoms with E-state index in [2.05, 4.69) is 57.5 Å². The fourth-order valence-corrected chi connectivity index (χ4v) is 3.21. The van der Waals surface area contributed by atoms with Crippen molar-refractivity contribution in [1.82, 2.24) is 24.5 Å². The third-order valence-electron chi connectivity index (χ3n) is 4.62. The van der Waals surface area contributed by atoms with E-state index in [0.717, 1.165) is 28.8 Å². The summed E-state index contributed by atoms with van der Waals surface area (Å²) in [7, 11) is 0. The molecule has 0 aliphatic rings. The van der Waals surface area contributed by atoms with E-state index in [1.165, 1.54) is 0 Å². The number of nitrogens with two attached hydrogens (primary N) is 2. The maximum absolute atomic E-state index is 5.89. The zero-order valence-electron chi connectivity index (χ0n) is 16.6. The van der Waals surface area contributed by atoms with Crippen LogP contribution in [-0.4, -0.2) is 31.0 Å². The van der Waals surface area contributed by atoms with Gasteiger partial charge in [-0.05, 0) is 39.2 Å². The van der Waals surface area contributed by atoms with Crippen molar-refractivity contribution in [3.05, 3.63) is 29.8 Å². The first-order chi connectivity index (χ1) is 12.7. The first-order valence-electron chi connectivity index (χ1n) is 9.13. The second kappa shape index (κ2) is 7.11. The summed E-state index contributed by atoms with van der Waals surface area (Å²) in [6.07, 6.45) is 4.26. The van der Waals surface area contributed by atoms with Crippen LogP contribution in [0.5, 0.6) is 0 Å². The molecule has 0 saturated carbocycles. The molecule has 0 fully saturated rings. The Balaban J connectivity index is 2.00. The first-order valence-corrected chi connectivity index (χ1v) is 9.13. The highest BCUT2D eigenvalue weighted by molar-refractivity contribution is 5.79. The van der Waals surface area contributed by atoms with Gasteiger partial charge in [-0.15, -0.1) is 0 Å². The van der Waals surface area contributed by atoms with Gasteiger partial charge in [0, 0.05) is 23.9 Å². The normalized spacial score (nSPS) is 12.1. The van der Waals surface area contributed by atoms with Gasteiger partial charge >= 0.3 is 0 Å². The second-order valence-electron chi connectivity index (χ2n) is 7.95. The summed E-state index contributed by atoms with van der Waals surface area (Å²) in [6, 6.07) is 2.30. The topological polar surface area (TPSA) is 121 Å². The number of fused-ring (bicyclic) bond motifs is 1. The minimum atomic E-state index is -0.0688. The van der Waals surface area contributed by atoms with Gasteiger partial charge in [0.15, 0.2) is 0 Å². The lowest BCUT2D eigenvalue weighted by atomic mass is 9.86. The van der Waals surface area contributed by atoms with Gasteiger partial charge in [0.25, 0.3) is 0 Å². The fraction of sp³-hybridized carbons (Fsp3) is 0.474. The molecule has 0 atom stereocenters. The number of anilines is 3. The molecule has 0 spiro atoms. The molecule has 0 bridgehead atoms. The van der Waals surface area contributed by atoms with Gasteiger partial charge in [-0.1, -0.05) is 13.8 Å². The molecule has 0 radical (unpaired) electrons. The molecule has 0 aromatic carbocycles. The monoisotopic (exact) mass is 368 g/mol. The third-order valence-corrected chi connectivity index (χ3v) is 4.62. The number of aryl methyl sites for hydroxylation is 1. The van der Waals surface area contributed by atoms with Gasteiger partial charge in [-0.3, -0.25) is 0 Å². The van der Waals surface area contributed by atoms with Crippen molar-refractivity contribution < 1.29 is 0 Å². The third kappa shape index (κ3) is 4.00. The fourth-order valence-electron chi connectivity index (χ4n) is 3.21. The van der Waals surface area contributed by atoms with Crippen molar-refractivity contribution in [2.75, 3.05) is 17.6 Å². The molecular weight excluding hydrogens is 340 g/mol. The standard InChI is InChI=1S/C19H28N8/c1-11(2)27-12(3)24-14-9-22-16(6-15(14)27)25-17-13(7-19(4,5)10-20)8-23-18(21)26-17/h6,8-9,11H,7,10,20H2,1-5H3,(H3,21,22,23,25,26). The zero-order valence-corrected chi connectivity index (χ0v) is 16.6. The molecule has 0 aliphatic carbocycles. The highest BCUT2D eigenvalue weighted by Crippen LogP contribution is 2.28. The van der Waals surface area contributed by atoms with Crippen LogP contribution in [-0.2, 0) is 6.42 Å². The largest absolute Gasteiger partial charge is 0.368 e. The van der Waals surface area contributed by atoms with Gasteiger partial charge in [0.1, 0.15) is 23.0 Å². The van der Waals surface area contributed by atoms with Crippen LogP contribution in [0.1, 0.15) is 45.1 Å². The van der Waals surface area contributed by atoms with Crippen molar-refractivity contribution in [2.45, 2.75) is 47.1 Å². The predicted molar refractivity (Wildman–Crippen MR) is 109 cm³/mol. The molecule has 0 amide bonds. The zero-order chi connectivity index (χ0) is 19.8. The number of hydrogen-bond donors (Lipinski definition) is 3. The molecule has 3 aromatic rings. The van der Waals surface area contributed by atoms with E-state index in [-0.39, 0.29) is 11.4 Å². The first kappa shape index (κ1) is 19.0. The number of nitrogens with zero attached hydrogens (tertiary/aromatic N) is 5. The van der Waals surface area contributed by atoms with Crippen LogP contribution in [0.4, 0.5) is 17.6 Å². The number of aromatic nitrogens is 5. The molecule has 27 heavy (non-hydrogen) atoms. The molecule has 5 N–H and O–H groups in total. The Morgan fingerprint density at radius 2 is 1.93 bits per heavy atom. The lowest BCUT2D eigenvalue weighted by Crippen LogP contribution is -2.26. The molecule has 144 valence electrons. The van der Waals surface area contributed by atoms with Crippen molar-refractivity contribution in [3.8, 4) is 0 Å². The number of nitrogen functional groups attached to an aromatic ring is 1. The smallest absolute Gasteiger partial charge is 0.221 e. The Morgan fingerprint density at radius 3 is 2.59 bits per heavy atom. The van der Waals surface area contributed by atoms with E-state index in [1.54, 1.807) is 12.4 Å². The quantitative estimate of drug-likeness (QED) is 0.611. The van der Waals surface area contributed by atoms with E-state index < -0.39 is 0 Å². The molecule has 8 heteroatoms. The van der Waals surface area contributed by atoms with Gasteiger partial charge < -0.3 is 21.4 Å². The van der Waals surface area contributed by atoms with Crippen LogP contribution < -0.4 is 16.8 Å². The Morgan fingerprint density at radius 1 is 1.19 bits per heavy atom. The lowest BCUT2D eigenvalue weighted by molar-refractivity contribution is 0.376. The molecule has 8 nitrogen and oxygen atoms in total. The molecular formula is C19H28N8. The SMILES string of the molecule is Cc1nc2cnc(Nc3nc(N)ncc3CC(C)(C)CN)cc2n1C(C)C. The summed E-state index contributed by atoms with van der Waals surface area (Å²) in [5.74, 6) is 2.53. The molecule has 3 aromatic heterocycles. The Kier molecular flexibility index (Phi) is 5.01. The minimum Gasteiger partial charge on any atom is -0.368 e.